The van der Waals surface area contributed by atoms with Crippen molar-refractivity contribution in [1.29, 1.82) is 0 Å². The second kappa shape index (κ2) is 4.69. The Balaban J connectivity index is 2.95. The number of ether oxygens (including phenoxy) is 2. The lowest BCUT2D eigenvalue weighted by atomic mass is 9.98. The van der Waals surface area contributed by atoms with Crippen molar-refractivity contribution in [2.45, 2.75) is 36.5 Å². The predicted molar refractivity (Wildman–Crippen MR) is 41.2 cm³/mol. The zero-order chi connectivity index (χ0) is 15.1. The number of hydrogen-bond acceptors (Lipinski definition) is 2. The van der Waals surface area contributed by atoms with Crippen LogP contribution in [-0.4, -0.2) is 43.4 Å². The molecule has 11 heteroatoms. The Morgan fingerprint density at radius 2 is 1.37 bits per heavy atom. The van der Waals surface area contributed by atoms with Crippen molar-refractivity contribution in [3.05, 3.63) is 0 Å². The Morgan fingerprint density at radius 1 is 0.842 bits per heavy atom. The molecule has 0 aromatic heterocycles. The van der Waals surface area contributed by atoms with Crippen molar-refractivity contribution >= 4 is 0 Å². The largest absolute Gasteiger partial charge is 0.460 e. The molecule has 0 aromatic carbocycles. The lowest BCUT2D eigenvalue weighted by molar-refractivity contribution is -0.398. The fraction of sp³-hybridized carbons (Fsp3) is 1.00. The van der Waals surface area contributed by atoms with Gasteiger partial charge in [-0.1, -0.05) is 0 Å². The van der Waals surface area contributed by atoms with Crippen LogP contribution in [0.2, 0.25) is 0 Å². The molecule has 1 atom stereocenters. The average Bonchev–Trinajstić information content (AvgIpc) is 2.67. The molecule has 0 spiro atoms. The van der Waals surface area contributed by atoms with Crippen LogP contribution in [-0.2, 0) is 9.47 Å². The molecule has 0 N–H and O–H groups in total. The van der Waals surface area contributed by atoms with Gasteiger partial charge in [-0.05, 0) is 0 Å². The topological polar surface area (TPSA) is 18.5 Å². The summed E-state index contributed by atoms with van der Waals surface area (Å²) in [6, 6.07) is 0. The lowest BCUT2D eigenvalue weighted by Gasteiger charge is -2.34. The standard InChI is InChI=1S/C8H7F9O2/c9-5(10,1-4-2-18-3-19-4)6(11,12)7(13,14)8(15,16)17/h4H,1-3H2. The summed E-state index contributed by atoms with van der Waals surface area (Å²) in [6.45, 7) is -1.12. The SMILES string of the molecule is FC(F)(F)C(F)(F)C(F)(F)C(F)(F)CC1COCO1. The minimum absolute atomic E-state index is 0.526. The molecule has 1 heterocycles. The molecule has 19 heavy (non-hydrogen) atoms. The highest BCUT2D eigenvalue weighted by molar-refractivity contribution is 5.01. The van der Waals surface area contributed by atoms with Gasteiger partial charge in [-0.25, -0.2) is 0 Å². The molecule has 1 fully saturated rings. The van der Waals surface area contributed by atoms with E-state index in [-0.39, 0.29) is 0 Å². The Labute approximate surface area is 100 Å². The molecule has 2 nitrogen and oxygen atoms in total. The monoisotopic (exact) mass is 306 g/mol. The maximum absolute atomic E-state index is 13.0. The first-order valence-electron chi connectivity index (χ1n) is 4.72. The fourth-order valence-electron chi connectivity index (χ4n) is 1.31. The van der Waals surface area contributed by atoms with E-state index in [1.54, 1.807) is 0 Å². The minimum atomic E-state index is -6.86. The first-order chi connectivity index (χ1) is 8.33. The quantitative estimate of drug-likeness (QED) is 0.743. The number of alkyl halides is 9. The van der Waals surface area contributed by atoms with E-state index in [0.717, 1.165) is 0 Å². The molecular weight excluding hydrogens is 299 g/mol. The summed E-state index contributed by atoms with van der Waals surface area (Å²) >= 11 is 0. The normalized spacial score (nSPS) is 22.9. The van der Waals surface area contributed by atoms with Crippen LogP contribution in [0.5, 0.6) is 0 Å². The van der Waals surface area contributed by atoms with Crippen molar-refractivity contribution in [2.75, 3.05) is 13.4 Å². The van der Waals surface area contributed by atoms with Gasteiger partial charge in [0, 0.05) is 6.42 Å². The summed E-state index contributed by atoms with van der Waals surface area (Å²) < 4.78 is 120. The van der Waals surface area contributed by atoms with Crippen LogP contribution in [0.1, 0.15) is 6.42 Å². The van der Waals surface area contributed by atoms with Gasteiger partial charge in [0.15, 0.2) is 0 Å². The van der Waals surface area contributed by atoms with Crippen molar-refractivity contribution in [1.82, 2.24) is 0 Å². The van der Waals surface area contributed by atoms with Gasteiger partial charge in [0.05, 0.1) is 12.7 Å². The van der Waals surface area contributed by atoms with Crippen molar-refractivity contribution in [2.24, 2.45) is 0 Å². The average molecular weight is 306 g/mol. The van der Waals surface area contributed by atoms with Gasteiger partial charge in [-0.15, -0.1) is 0 Å². The van der Waals surface area contributed by atoms with E-state index in [0.29, 0.717) is 0 Å². The van der Waals surface area contributed by atoms with Crippen LogP contribution in [0.25, 0.3) is 0 Å². The van der Waals surface area contributed by atoms with Gasteiger partial charge in [-0.3, -0.25) is 0 Å². The van der Waals surface area contributed by atoms with Crippen LogP contribution in [0.3, 0.4) is 0 Å². The van der Waals surface area contributed by atoms with E-state index >= 15 is 0 Å². The van der Waals surface area contributed by atoms with Gasteiger partial charge in [-0.2, -0.15) is 39.5 Å². The molecule has 0 bridgehead atoms. The molecule has 1 aliphatic rings. The van der Waals surface area contributed by atoms with E-state index in [1.165, 1.54) is 0 Å². The van der Waals surface area contributed by atoms with E-state index in [9.17, 15) is 39.5 Å². The summed E-state index contributed by atoms with van der Waals surface area (Å²) in [6.07, 6.45) is -10.5. The fourth-order valence-corrected chi connectivity index (χ4v) is 1.31. The second-order valence-electron chi connectivity index (χ2n) is 3.83. The van der Waals surface area contributed by atoms with E-state index in [2.05, 4.69) is 9.47 Å². The highest BCUT2D eigenvalue weighted by Gasteiger charge is 2.81. The molecule has 1 aliphatic heterocycles. The van der Waals surface area contributed by atoms with E-state index in [4.69, 9.17) is 0 Å². The molecular formula is C8H7F9O2. The first kappa shape index (κ1) is 16.3. The maximum atomic E-state index is 13.0. The predicted octanol–water partition coefficient (Wildman–Crippen LogP) is 3.22. The summed E-state index contributed by atoms with van der Waals surface area (Å²) in [5.74, 6) is -19.1. The molecule has 0 saturated carbocycles. The third-order valence-electron chi connectivity index (χ3n) is 2.38. The Hall–Kier alpha value is -0.710. The number of halogens is 9. The van der Waals surface area contributed by atoms with Gasteiger partial charge >= 0.3 is 23.9 Å². The summed E-state index contributed by atoms with van der Waals surface area (Å²) in [5, 5.41) is 0. The van der Waals surface area contributed by atoms with Crippen LogP contribution >= 0.6 is 0 Å². The maximum Gasteiger partial charge on any atom is 0.460 e. The molecule has 114 valence electrons. The van der Waals surface area contributed by atoms with Crippen LogP contribution in [0.4, 0.5) is 39.5 Å². The molecule has 1 rings (SSSR count). The van der Waals surface area contributed by atoms with Gasteiger partial charge in [0.25, 0.3) is 0 Å². The molecule has 0 aromatic rings. The van der Waals surface area contributed by atoms with E-state index in [1.807, 2.05) is 0 Å². The lowest BCUT2D eigenvalue weighted by Crippen LogP contribution is -2.61. The highest BCUT2D eigenvalue weighted by Crippen LogP contribution is 2.54. The second-order valence-corrected chi connectivity index (χ2v) is 3.83. The zero-order valence-corrected chi connectivity index (χ0v) is 8.92. The smallest absolute Gasteiger partial charge is 0.353 e. The molecule has 0 aliphatic carbocycles. The van der Waals surface area contributed by atoms with Crippen molar-refractivity contribution in [3.8, 4) is 0 Å². The molecule has 0 radical (unpaired) electrons. The summed E-state index contributed by atoms with van der Waals surface area (Å²) in [5.41, 5.74) is 0. The summed E-state index contributed by atoms with van der Waals surface area (Å²) in [4.78, 5) is 0. The van der Waals surface area contributed by atoms with Gasteiger partial charge in [0.1, 0.15) is 6.79 Å². The van der Waals surface area contributed by atoms with Crippen molar-refractivity contribution < 1.29 is 49.0 Å². The Bertz CT molecular complexity index is 319. The summed E-state index contributed by atoms with van der Waals surface area (Å²) in [7, 11) is 0. The first-order valence-corrected chi connectivity index (χ1v) is 4.72. The Kier molecular flexibility index (Phi) is 4.03. The molecule has 1 unspecified atom stereocenters. The zero-order valence-electron chi connectivity index (χ0n) is 8.92. The highest BCUT2D eigenvalue weighted by atomic mass is 19.4. The molecule has 0 amide bonds. The van der Waals surface area contributed by atoms with E-state index < -0.39 is 49.9 Å². The van der Waals surface area contributed by atoms with Gasteiger partial charge in [0.2, 0.25) is 0 Å². The van der Waals surface area contributed by atoms with Crippen molar-refractivity contribution in [3.63, 3.8) is 0 Å². The number of rotatable bonds is 4. The van der Waals surface area contributed by atoms with Gasteiger partial charge < -0.3 is 9.47 Å². The molecule has 1 saturated heterocycles. The third kappa shape index (κ3) is 2.76. The number of hydrogen-bond donors (Lipinski definition) is 0. The third-order valence-corrected chi connectivity index (χ3v) is 2.38. The van der Waals surface area contributed by atoms with Crippen LogP contribution in [0, 0.1) is 0 Å². The van der Waals surface area contributed by atoms with Crippen LogP contribution in [0.15, 0.2) is 0 Å². The minimum Gasteiger partial charge on any atom is -0.353 e. The Morgan fingerprint density at radius 3 is 1.74 bits per heavy atom. The van der Waals surface area contributed by atoms with Crippen LogP contribution < -0.4 is 0 Å².